The van der Waals surface area contributed by atoms with Gasteiger partial charge in [0.05, 0.1) is 4.88 Å². The number of carbonyl (C=O) groups excluding carboxylic acids is 1. The molecule has 3 rings (SSSR count). The Morgan fingerprint density at radius 3 is 2.67 bits per heavy atom. The van der Waals surface area contributed by atoms with Crippen LogP contribution in [-0.2, 0) is 4.79 Å². The van der Waals surface area contributed by atoms with Crippen LogP contribution in [0.25, 0.3) is 0 Å². The Kier molecular flexibility index (Phi) is 3.68. The zero-order chi connectivity index (χ0) is 15.0. The van der Waals surface area contributed by atoms with E-state index in [4.69, 9.17) is 0 Å². The molecule has 0 bridgehead atoms. The lowest BCUT2D eigenvalue weighted by Crippen LogP contribution is -2.22. The number of thiazole rings is 1. The third kappa shape index (κ3) is 2.65. The van der Waals surface area contributed by atoms with Crippen LogP contribution in [0.4, 0.5) is 10.9 Å². The van der Waals surface area contributed by atoms with E-state index in [0.717, 1.165) is 10.0 Å². The molecule has 1 aromatic heterocycles. The summed E-state index contributed by atoms with van der Waals surface area (Å²) >= 11 is 1.61. The molecule has 110 valence electrons. The normalized spacial score (nSPS) is 17.5. The Labute approximate surface area is 128 Å². The van der Waals surface area contributed by atoms with Crippen LogP contribution in [-0.4, -0.2) is 17.9 Å². The summed E-state index contributed by atoms with van der Waals surface area (Å²) in [5.74, 6) is 1.37. The Bertz CT molecular complexity index is 661. The van der Waals surface area contributed by atoms with Gasteiger partial charge in [-0.25, -0.2) is 4.98 Å². The van der Waals surface area contributed by atoms with E-state index < -0.39 is 0 Å². The van der Waals surface area contributed by atoms with Gasteiger partial charge in [0.15, 0.2) is 5.13 Å². The van der Waals surface area contributed by atoms with Gasteiger partial charge in [0, 0.05) is 19.4 Å². The maximum Gasteiger partial charge on any atom is 0.226 e. The summed E-state index contributed by atoms with van der Waals surface area (Å²) in [5, 5.41) is 6.75. The van der Waals surface area contributed by atoms with Crippen LogP contribution in [0.2, 0.25) is 0 Å². The standard InChI is InChI=1S/C16H19N3OS/c1-9(2)10-4-6-11(7-5-10)12-8-13(20)18-15-14(12)21-16(17-3)19-15/h4-7,9,12H,8H2,1-3H3,(H,17,19)(H,18,20)/t12-/m0/s1. The number of anilines is 2. The Balaban J connectivity index is 1.98. The molecule has 0 saturated carbocycles. The number of carbonyl (C=O) groups is 1. The number of nitrogens with zero attached hydrogens (tertiary/aromatic N) is 1. The van der Waals surface area contributed by atoms with Crippen molar-refractivity contribution in [3.8, 4) is 0 Å². The van der Waals surface area contributed by atoms with Gasteiger partial charge in [0.2, 0.25) is 5.91 Å². The third-order valence-corrected chi connectivity index (χ3v) is 5.02. The summed E-state index contributed by atoms with van der Waals surface area (Å²) in [6, 6.07) is 8.60. The fraction of sp³-hybridized carbons (Fsp3) is 0.375. The monoisotopic (exact) mass is 301 g/mol. The highest BCUT2D eigenvalue weighted by Crippen LogP contribution is 2.42. The molecular weight excluding hydrogens is 282 g/mol. The fourth-order valence-electron chi connectivity index (χ4n) is 2.61. The summed E-state index contributed by atoms with van der Waals surface area (Å²) in [7, 11) is 1.85. The lowest BCUT2D eigenvalue weighted by Gasteiger charge is -2.22. The maximum atomic E-state index is 11.9. The van der Waals surface area contributed by atoms with Gasteiger partial charge in [-0.1, -0.05) is 49.4 Å². The summed E-state index contributed by atoms with van der Waals surface area (Å²) in [6.07, 6.45) is 0.485. The number of nitrogens with one attached hydrogen (secondary N) is 2. The molecule has 0 saturated heterocycles. The molecule has 21 heavy (non-hydrogen) atoms. The molecule has 0 unspecified atom stereocenters. The molecule has 0 aliphatic carbocycles. The summed E-state index contributed by atoms with van der Waals surface area (Å²) in [4.78, 5) is 17.5. The highest BCUT2D eigenvalue weighted by atomic mass is 32.1. The smallest absolute Gasteiger partial charge is 0.226 e. The molecule has 2 heterocycles. The van der Waals surface area contributed by atoms with Gasteiger partial charge in [-0.3, -0.25) is 4.79 Å². The van der Waals surface area contributed by atoms with Gasteiger partial charge in [-0.2, -0.15) is 0 Å². The van der Waals surface area contributed by atoms with E-state index in [1.807, 2.05) is 7.05 Å². The van der Waals surface area contributed by atoms with Crippen LogP contribution in [0.1, 0.15) is 48.1 Å². The molecular formula is C16H19N3OS. The van der Waals surface area contributed by atoms with Crippen molar-refractivity contribution in [3.05, 3.63) is 40.3 Å². The lowest BCUT2D eigenvalue weighted by atomic mass is 9.90. The minimum atomic E-state index is 0.0355. The summed E-state index contributed by atoms with van der Waals surface area (Å²) in [6.45, 7) is 4.37. The average Bonchev–Trinajstić information content (AvgIpc) is 2.89. The second-order valence-corrected chi connectivity index (χ2v) is 6.64. The second kappa shape index (κ2) is 5.48. The highest BCUT2D eigenvalue weighted by molar-refractivity contribution is 7.16. The van der Waals surface area contributed by atoms with Crippen LogP contribution in [0.5, 0.6) is 0 Å². The average molecular weight is 301 g/mol. The highest BCUT2D eigenvalue weighted by Gasteiger charge is 2.30. The van der Waals surface area contributed by atoms with Crippen molar-refractivity contribution in [2.24, 2.45) is 0 Å². The van der Waals surface area contributed by atoms with Gasteiger partial charge >= 0.3 is 0 Å². The molecule has 2 aromatic rings. The molecule has 0 radical (unpaired) electrons. The second-order valence-electron chi connectivity index (χ2n) is 5.61. The molecule has 4 nitrogen and oxygen atoms in total. The maximum absolute atomic E-state index is 11.9. The predicted octanol–water partition coefficient (Wildman–Crippen LogP) is 3.78. The molecule has 1 aliphatic rings. The predicted molar refractivity (Wildman–Crippen MR) is 87.3 cm³/mol. The number of amides is 1. The molecule has 5 heteroatoms. The first-order valence-corrected chi connectivity index (χ1v) is 7.98. The first kappa shape index (κ1) is 14.1. The van der Waals surface area contributed by atoms with Crippen LogP contribution in [0, 0.1) is 0 Å². The number of hydrogen-bond donors (Lipinski definition) is 2. The number of aromatic nitrogens is 1. The third-order valence-electron chi connectivity index (χ3n) is 3.84. The van der Waals surface area contributed by atoms with Crippen LogP contribution in [0.3, 0.4) is 0 Å². The molecule has 1 aromatic carbocycles. The number of rotatable bonds is 3. The van der Waals surface area contributed by atoms with E-state index in [1.54, 1.807) is 11.3 Å². The van der Waals surface area contributed by atoms with Gasteiger partial charge in [-0.05, 0) is 17.0 Å². The van der Waals surface area contributed by atoms with Gasteiger partial charge in [-0.15, -0.1) is 0 Å². The molecule has 1 amide bonds. The van der Waals surface area contributed by atoms with Gasteiger partial charge in [0.1, 0.15) is 5.82 Å². The lowest BCUT2D eigenvalue weighted by molar-refractivity contribution is -0.116. The minimum Gasteiger partial charge on any atom is -0.365 e. The van der Waals surface area contributed by atoms with Gasteiger partial charge in [0.25, 0.3) is 0 Å². The van der Waals surface area contributed by atoms with Crippen molar-refractivity contribution in [1.29, 1.82) is 0 Å². The molecule has 0 fully saturated rings. The first-order chi connectivity index (χ1) is 10.1. The molecule has 2 N–H and O–H groups in total. The van der Waals surface area contributed by atoms with E-state index >= 15 is 0 Å². The quantitative estimate of drug-likeness (QED) is 0.907. The SMILES string of the molecule is CNc1nc2c(s1)[C@H](c1ccc(C(C)C)cc1)CC(=O)N2. The van der Waals surface area contributed by atoms with Crippen molar-refractivity contribution in [1.82, 2.24) is 4.98 Å². The van der Waals surface area contributed by atoms with Crippen molar-refractivity contribution < 1.29 is 4.79 Å². The Hall–Kier alpha value is -1.88. The van der Waals surface area contributed by atoms with E-state index in [-0.39, 0.29) is 11.8 Å². The number of fused-ring (bicyclic) bond motifs is 1. The van der Waals surface area contributed by atoms with Gasteiger partial charge < -0.3 is 10.6 Å². The van der Waals surface area contributed by atoms with E-state index in [2.05, 4.69) is 53.7 Å². The Morgan fingerprint density at radius 2 is 2.05 bits per heavy atom. The number of benzene rings is 1. The first-order valence-electron chi connectivity index (χ1n) is 7.16. The topological polar surface area (TPSA) is 54.0 Å². The molecule has 1 aliphatic heterocycles. The zero-order valence-corrected chi connectivity index (χ0v) is 13.3. The zero-order valence-electron chi connectivity index (χ0n) is 12.4. The van der Waals surface area contributed by atoms with E-state index in [9.17, 15) is 4.79 Å². The molecule has 1 atom stereocenters. The van der Waals surface area contributed by atoms with Crippen molar-refractivity contribution in [3.63, 3.8) is 0 Å². The summed E-state index contributed by atoms with van der Waals surface area (Å²) in [5.41, 5.74) is 2.50. The Morgan fingerprint density at radius 1 is 1.33 bits per heavy atom. The van der Waals surface area contributed by atoms with E-state index in [0.29, 0.717) is 18.2 Å². The largest absolute Gasteiger partial charge is 0.365 e. The summed E-state index contributed by atoms with van der Waals surface area (Å²) < 4.78 is 0. The minimum absolute atomic E-state index is 0.0355. The fourth-order valence-corrected chi connectivity index (χ4v) is 3.61. The van der Waals surface area contributed by atoms with E-state index in [1.165, 1.54) is 11.1 Å². The van der Waals surface area contributed by atoms with Crippen molar-refractivity contribution in [2.75, 3.05) is 17.7 Å². The van der Waals surface area contributed by atoms with Crippen LogP contribution < -0.4 is 10.6 Å². The molecule has 0 spiro atoms. The number of hydrogen-bond acceptors (Lipinski definition) is 4. The van der Waals surface area contributed by atoms with Crippen LogP contribution >= 0.6 is 11.3 Å². The van der Waals surface area contributed by atoms with Crippen LogP contribution in [0.15, 0.2) is 24.3 Å². The van der Waals surface area contributed by atoms with Crippen molar-refractivity contribution in [2.45, 2.75) is 32.1 Å². The van der Waals surface area contributed by atoms with Crippen molar-refractivity contribution >= 4 is 28.2 Å².